The van der Waals surface area contributed by atoms with Gasteiger partial charge in [-0.3, -0.25) is 4.79 Å². The van der Waals surface area contributed by atoms with Gasteiger partial charge in [-0.2, -0.15) is 0 Å². The van der Waals surface area contributed by atoms with Crippen molar-refractivity contribution >= 4 is 11.9 Å². The molecule has 0 aliphatic heterocycles. The van der Waals surface area contributed by atoms with Crippen LogP contribution in [-0.4, -0.2) is 36.6 Å². The number of rotatable bonds is 7. The van der Waals surface area contributed by atoms with Crippen LogP contribution in [0.25, 0.3) is 0 Å². The summed E-state index contributed by atoms with van der Waals surface area (Å²) in [5.41, 5.74) is 0. The van der Waals surface area contributed by atoms with E-state index in [9.17, 15) is 9.59 Å². The van der Waals surface area contributed by atoms with Gasteiger partial charge < -0.3 is 15.7 Å². The first-order valence-electron chi connectivity index (χ1n) is 4.72. The summed E-state index contributed by atoms with van der Waals surface area (Å²) >= 11 is 0. The Morgan fingerprint density at radius 1 is 1.36 bits per heavy atom. The summed E-state index contributed by atoms with van der Waals surface area (Å²) in [6.07, 6.45) is 2.19. The van der Waals surface area contributed by atoms with Crippen LogP contribution < -0.4 is 10.6 Å². The Hall–Kier alpha value is -1.10. The van der Waals surface area contributed by atoms with Crippen molar-refractivity contribution in [2.45, 2.75) is 32.2 Å². The van der Waals surface area contributed by atoms with Gasteiger partial charge in [0.15, 0.2) is 0 Å². The minimum atomic E-state index is -0.968. The fourth-order valence-corrected chi connectivity index (χ4v) is 1.15. The van der Waals surface area contributed by atoms with Crippen molar-refractivity contribution in [1.29, 1.82) is 0 Å². The molecular formula is C9H18N2O3. The number of aliphatic carboxylic acids is 1. The third-order valence-corrected chi connectivity index (χ3v) is 1.85. The molecule has 3 N–H and O–H groups in total. The number of carbonyl (C=O) groups excluding carboxylic acids is 1. The largest absolute Gasteiger partial charge is 0.480 e. The molecular weight excluding hydrogens is 184 g/mol. The molecule has 0 rings (SSSR count). The zero-order valence-electron chi connectivity index (χ0n) is 8.67. The van der Waals surface area contributed by atoms with E-state index in [-0.39, 0.29) is 5.91 Å². The van der Waals surface area contributed by atoms with Gasteiger partial charge in [-0.05, 0) is 32.9 Å². The molecule has 82 valence electrons. The molecule has 0 bridgehead atoms. The highest BCUT2D eigenvalue weighted by atomic mass is 16.4. The zero-order chi connectivity index (χ0) is 11.0. The third kappa shape index (κ3) is 6.42. The molecule has 5 heteroatoms. The highest BCUT2D eigenvalue weighted by Gasteiger charge is 2.16. The molecule has 0 fully saturated rings. The number of hydrogen-bond donors (Lipinski definition) is 3. The van der Waals surface area contributed by atoms with Crippen molar-refractivity contribution in [3.8, 4) is 0 Å². The van der Waals surface area contributed by atoms with Gasteiger partial charge in [-0.1, -0.05) is 0 Å². The summed E-state index contributed by atoms with van der Waals surface area (Å²) in [5, 5.41) is 14.1. The van der Waals surface area contributed by atoms with E-state index in [0.29, 0.717) is 6.42 Å². The predicted octanol–water partition coefficient (Wildman–Crippen LogP) is -0.0346. The molecule has 0 aliphatic rings. The van der Waals surface area contributed by atoms with Crippen molar-refractivity contribution in [2.75, 3.05) is 13.6 Å². The molecule has 1 amide bonds. The molecule has 0 aliphatic carbocycles. The molecule has 5 nitrogen and oxygen atoms in total. The minimum absolute atomic E-state index is 0.300. The minimum Gasteiger partial charge on any atom is -0.480 e. The Bertz CT molecular complexity index is 194. The number of amides is 1. The van der Waals surface area contributed by atoms with E-state index < -0.39 is 12.0 Å². The lowest BCUT2D eigenvalue weighted by atomic mass is 10.1. The average Bonchev–Trinajstić information content (AvgIpc) is 2.09. The molecule has 0 saturated heterocycles. The van der Waals surface area contributed by atoms with Gasteiger partial charge in [0.05, 0.1) is 0 Å². The first kappa shape index (κ1) is 12.9. The summed E-state index contributed by atoms with van der Waals surface area (Å²) in [6.45, 7) is 2.19. The zero-order valence-corrected chi connectivity index (χ0v) is 8.67. The molecule has 14 heavy (non-hydrogen) atoms. The molecule has 0 saturated carbocycles. The van der Waals surface area contributed by atoms with Crippen molar-refractivity contribution in [1.82, 2.24) is 10.6 Å². The second-order valence-corrected chi connectivity index (χ2v) is 3.19. The number of nitrogens with one attached hydrogen (secondary N) is 2. The van der Waals surface area contributed by atoms with E-state index in [0.717, 1.165) is 19.4 Å². The van der Waals surface area contributed by atoms with Gasteiger partial charge >= 0.3 is 5.97 Å². The molecule has 0 radical (unpaired) electrons. The van der Waals surface area contributed by atoms with E-state index in [1.165, 1.54) is 6.92 Å². The summed E-state index contributed by atoms with van der Waals surface area (Å²) in [5.74, 6) is -1.27. The lowest BCUT2D eigenvalue weighted by molar-refractivity contribution is -0.141. The van der Waals surface area contributed by atoms with Crippen LogP contribution in [0.5, 0.6) is 0 Å². The monoisotopic (exact) mass is 202 g/mol. The lowest BCUT2D eigenvalue weighted by Crippen LogP contribution is -2.39. The first-order chi connectivity index (χ1) is 6.57. The van der Waals surface area contributed by atoms with Gasteiger partial charge in [-0.15, -0.1) is 0 Å². The standard InChI is InChI=1S/C9H18N2O3/c1-7(12)11-8(9(13)14)5-3-4-6-10-2/h8,10H,3-6H2,1-2H3,(H,11,12)(H,13,14)/t8-/m0/s1. The van der Waals surface area contributed by atoms with E-state index in [1.807, 2.05) is 7.05 Å². The molecule has 0 aromatic carbocycles. The summed E-state index contributed by atoms with van der Waals surface area (Å²) < 4.78 is 0. The summed E-state index contributed by atoms with van der Waals surface area (Å²) in [6, 6.07) is -0.746. The Balaban J connectivity index is 3.74. The van der Waals surface area contributed by atoms with E-state index in [4.69, 9.17) is 5.11 Å². The van der Waals surface area contributed by atoms with Crippen molar-refractivity contribution in [3.63, 3.8) is 0 Å². The molecule has 0 unspecified atom stereocenters. The van der Waals surface area contributed by atoms with Crippen LogP contribution >= 0.6 is 0 Å². The molecule has 0 heterocycles. The third-order valence-electron chi connectivity index (χ3n) is 1.85. The smallest absolute Gasteiger partial charge is 0.326 e. The predicted molar refractivity (Wildman–Crippen MR) is 53.0 cm³/mol. The maximum absolute atomic E-state index is 10.7. The van der Waals surface area contributed by atoms with E-state index >= 15 is 0 Å². The van der Waals surface area contributed by atoms with Crippen LogP contribution in [0.3, 0.4) is 0 Å². The second-order valence-electron chi connectivity index (χ2n) is 3.19. The molecule has 0 spiro atoms. The van der Waals surface area contributed by atoms with Crippen LogP contribution in [0.4, 0.5) is 0 Å². The van der Waals surface area contributed by atoms with Crippen molar-refractivity contribution < 1.29 is 14.7 Å². The van der Waals surface area contributed by atoms with Gasteiger partial charge in [0.1, 0.15) is 6.04 Å². The van der Waals surface area contributed by atoms with E-state index in [2.05, 4.69) is 10.6 Å². The Kier molecular flexibility index (Phi) is 6.74. The second kappa shape index (κ2) is 7.32. The van der Waals surface area contributed by atoms with Crippen LogP contribution in [0.15, 0.2) is 0 Å². The molecule has 0 aromatic heterocycles. The molecule has 0 aromatic rings. The fraction of sp³-hybridized carbons (Fsp3) is 0.778. The number of carboxylic acid groups (broad SMARTS) is 1. The first-order valence-corrected chi connectivity index (χ1v) is 4.72. The number of unbranched alkanes of at least 4 members (excludes halogenated alkanes) is 1. The molecule has 1 atom stereocenters. The van der Waals surface area contributed by atoms with Crippen molar-refractivity contribution in [3.05, 3.63) is 0 Å². The van der Waals surface area contributed by atoms with Gasteiger partial charge in [0, 0.05) is 6.92 Å². The average molecular weight is 202 g/mol. The summed E-state index contributed by atoms with van der Waals surface area (Å²) in [7, 11) is 1.85. The van der Waals surface area contributed by atoms with Crippen LogP contribution in [-0.2, 0) is 9.59 Å². The summed E-state index contributed by atoms with van der Waals surface area (Å²) in [4.78, 5) is 21.3. The number of carboxylic acids is 1. The highest BCUT2D eigenvalue weighted by molar-refractivity contribution is 5.81. The number of carbonyl (C=O) groups is 2. The van der Waals surface area contributed by atoms with Gasteiger partial charge in [0.2, 0.25) is 5.91 Å². The Morgan fingerprint density at radius 2 is 2.00 bits per heavy atom. The maximum Gasteiger partial charge on any atom is 0.326 e. The quantitative estimate of drug-likeness (QED) is 0.506. The van der Waals surface area contributed by atoms with Crippen LogP contribution in [0.1, 0.15) is 26.2 Å². The lowest BCUT2D eigenvalue weighted by Gasteiger charge is -2.12. The normalized spacial score (nSPS) is 12.1. The Labute approximate surface area is 83.9 Å². The van der Waals surface area contributed by atoms with Gasteiger partial charge in [0.25, 0.3) is 0 Å². The van der Waals surface area contributed by atoms with E-state index in [1.54, 1.807) is 0 Å². The fourth-order valence-electron chi connectivity index (χ4n) is 1.15. The van der Waals surface area contributed by atoms with Crippen LogP contribution in [0.2, 0.25) is 0 Å². The van der Waals surface area contributed by atoms with Gasteiger partial charge in [-0.25, -0.2) is 4.79 Å². The Morgan fingerprint density at radius 3 is 2.43 bits per heavy atom. The van der Waals surface area contributed by atoms with Crippen LogP contribution in [0, 0.1) is 0 Å². The highest BCUT2D eigenvalue weighted by Crippen LogP contribution is 2.00. The maximum atomic E-state index is 10.7. The number of hydrogen-bond acceptors (Lipinski definition) is 3. The topological polar surface area (TPSA) is 78.4 Å². The SMILES string of the molecule is CNCCCC[C@H](NC(C)=O)C(=O)O. The van der Waals surface area contributed by atoms with Crippen molar-refractivity contribution in [2.24, 2.45) is 0 Å².